The van der Waals surface area contributed by atoms with Crippen molar-refractivity contribution < 1.29 is 14.1 Å². The highest BCUT2D eigenvalue weighted by Crippen LogP contribution is 2.33. The van der Waals surface area contributed by atoms with Gasteiger partial charge in [-0.2, -0.15) is 0 Å². The fraction of sp³-hybridized carbons (Fsp3) is 0.250. The summed E-state index contributed by atoms with van der Waals surface area (Å²) in [4.78, 5) is 26.1. The lowest BCUT2D eigenvalue weighted by atomic mass is 10.1. The minimum Gasteiger partial charge on any atom is -0.434 e. The van der Waals surface area contributed by atoms with Gasteiger partial charge < -0.3 is 19.3 Å². The quantitative estimate of drug-likeness (QED) is 0.416. The summed E-state index contributed by atoms with van der Waals surface area (Å²) in [5.41, 5.74) is 1.87. The zero-order chi connectivity index (χ0) is 16.8. The van der Waals surface area contributed by atoms with Gasteiger partial charge in [0, 0.05) is 24.1 Å². The van der Waals surface area contributed by atoms with Crippen LogP contribution < -0.4 is 10.4 Å². The van der Waals surface area contributed by atoms with E-state index in [4.69, 9.17) is 9.15 Å². The van der Waals surface area contributed by atoms with Gasteiger partial charge in [-0.15, -0.1) is 0 Å². The van der Waals surface area contributed by atoms with Crippen molar-refractivity contribution in [3.8, 4) is 11.6 Å². The van der Waals surface area contributed by atoms with Gasteiger partial charge in [-0.3, -0.25) is 4.57 Å². The third kappa shape index (κ3) is 2.15. The van der Waals surface area contributed by atoms with Gasteiger partial charge >= 0.3 is 17.3 Å². The number of ether oxygens (including phenoxy) is 1. The lowest BCUT2D eigenvalue weighted by molar-refractivity contribution is -0.390. The van der Waals surface area contributed by atoms with Crippen LogP contribution in [0.1, 0.15) is 17.5 Å². The first-order valence-corrected chi connectivity index (χ1v) is 7.47. The van der Waals surface area contributed by atoms with Gasteiger partial charge in [-0.25, -0.2) is 4.79 Å². The zero-order valence-electron chi connectivity index (χ0n) is 12.8. The number of aromatic nitrogens is 2. The molecule has 0 aliphatic heterocycles. The third-order valence-corrected chi connectivity index (χ3v) is 4.20. The van der Waals surface area contributed by atoms with E-state index in [1.807, 2.05) is 6.07 Å². The van der Waals surface area contributed by atoms with E-state index < -0.39 is 4.92 Å². The van der Waals surface area contributed by atoms with Gasteiger partial charge in [-0.05, 0) is 46.9 Å². The van der Waals surface area contributed by atoms with Crippen molar-refractivity contribution in [1.82, 2.24) is 9.55 Å². The number of hydrogen-bond acceptors (Lipinski definition) is 6. The second kappa shape index (κ2) is 5.19. The molecule has 0 amide bonds. The van der Waals surface area contributed by atoms with Gasteiger partial charge in [0.25, 0.3) is 0 Å². The average Bonchev–Trinajstić information content (AvgIpc) is 3.16. The van der Waals surface area contributed by atoms with Gasteiger partial charge in [0.05, 0.1) is 0 Å². The van der Waals surface area contributed by atoms with E-state index in [0.29, 0.717) is 11.3 Å². The maximum Gasteiger partial charge on any atom is 0.427 e. The molecule has 0 saturated carbocycles. The van der Waals surface area contributed by atoms with Crippen LogP contribution in [0.4, 0.5) is 5.82 Å². The first kappa shape index (κ1) is 14.4. The van der Waals surface area contributed by atoms with Crippen molar-refractivity contribution in [3.63, 3.8) is 0 Å². The number of rotatable bonds is 3. The van der Waals surface area contributed by atoms with E-state index in [1.165, 1.54) is 10.9 Å². The third-order valence-electron chi connectivity index (χ3n) is 4.20. The lowest BCUT2D eigenvalue weighted by Crippen LogP contribution is -2.06. The Balaban J connectivity index is 1.80. The van der Waals surface area contributed by atoms with Gasteiger partial charge in [-0.1, -0.05) is 0 Å². The summed E-state index contributed by atoms with van der Waals surface area (Å²) < 4.78 is 12.4. The molecule has 0 fully saturated rings. The number of nitrogens with zero attached hydrogens (tertiary/aromatic N) is 3. The molecule has 0 saturated heterocycles. The first-order chi connectivity index (χ1) is 11.5. The predicted octanol–water partition coefficient (Wildman–Crippen LogP) is 2.72. The van der Waals surface area contributed by atoms with Crippen LogP contribution >= 0.6 is 0 Å². The molecule has 0 unspecified atom stereocenters. The zero-order valence-corrected chi connectivity index (χ0v) is 12.8. The van der Waals surface area contributed by atoms with Crippen LogP contribution in [0.2, 0.25) is 0 Å². The summed E-state index contributed by atoms with van der Waals surface area (Å²) in [6, 6.07) is 5.10. The molecule has 0 N–H and O–H groups in total. The molecular formula is C16H13N3O5. The molecule has 8 heteroatoms. The number of imidazole rings is 1. The molecule has 2 aromatic heterocycles. The Labute approximate surface area is 135 Å². The van der Waals surface area contributed by atoms with Gasteiger partial charge in [0.1, 0.15) is 11.3 Å². The summed E-state index contributed by atoms with van der Waals surface area (Å²) >= 11 is 0. The van der Waals surface area contributed by atoms with Crippen LogP contribution in [0, 0.1) is 10.1 Å². The summed E-state index contributed by atoms with van der Waals surface area (Å²) in [7, 11) is 1.60. The van der Waals surface area contributed by atoms with E-state index in [1.54, 1.807) is 19.2 Å². The van der Waals surface area contributed by atoms with E-state index in [9.17, 15) is 14.9 Å². The summed E-state index contributed by atoms with van der Waals surface area (Å²) in [5, 5.41) is 11.9. The van der Waals surface area contributed by atoms with E-state index in [0.717, 1.165) is 35.8 Å². The highest BCUT2D eigenvalue weighted by molar-refractivity contribution is 5.83. The van der Waals surface area contributed by atoms with Crippen molar-refractivity contribution in [3.05, 3.63) is 56.2 Å². The Bertz CT molecular complexity index is 1030. The largest absolute Gasteiger partial charge is 0.434 e. The van der Waals surface area contributed by atoms with Crippen LogP contribution in [0.15, 0.2) is 33.7 Å². The van der Waals surface area contributed by atoms with Crippen LogP contribution in [-0.4, -0.2) is 14.5 Å². The van der Waals surface area contributed by atoms with E-state index in [-0.39, 0.29) is 17.3 Å². The molecular weight excluding hydrogens is 314 g/mol. The second-order valence-corrected chi connectivity index (χ2v) is 5.70. The number of nitro groups is 1. The summed E-state index contributed by atoms with van der Waals surface area (Å²) in [6.07, 6.45) is 3.85. The molecule has 2 heterocycles. The highest BCUT2D eigenvalue weighted by Gasteiger charge is 2.23. The minimum atomic E-state index is -0.608. The molecule has 4 rings (SSSR count). The molecule has 3 aromatic rings. The van der Waals surface area contributed by atoms with E-state index >= 15 is 0 Å². The van der Waals surface area contributed by atoms with Crippen molar-refractivity contribution in [2.75, 3.05) is 0 Å². The molecule has 0 atom stereocenters. The topological polar surface area (TPSA) is 100 Å². The molecule has 24 heavy (non-hydrogen) atoms. The molecule has 1 aliphatic rings. The lowest BCUT2D eigenvalue weighted by Gasteiger charge is -2.08. The van der Waals surface area contributed by atoms with Crippen molar-refractivity contribution in [2.24, 2.45) is 7.05 Å². The smallest absolute Gasteiger partial charge is 0.427 e. The summed E-state index contributed by atoms with van der Waals surface area (Å²) in [5.74, 6) is -0.00819. The Morgan fingerprint density at radius 3 is 2.92 bits per heavy atom. The van der Waals surface area contributed by atoms with E-state index in [2.05, 4.69) is 4.98 Å². The standard InChI is InChI=1S/C16H13N3O5/c1-18-8-17-14(19(21)22)15(18)23-9-5-6-11-10-3-2-4-12(10)16(20)24-13(11)7-9/h5-8H,2-4H2,1H3. The van der Waals surface area contributed by atoms with Crippen molar-refractivity contribution >= 4 is 16.8 Å². The van der Waals surface area contributed by atoms with Gasteiger partial charge in [0.15, 0.2) is 0 Å². The highest BCUT2D eigenvalue weighted by atomic mass is 16.6. The van der Waals surface area contributed by atoms with Gasteiger partial charge in [0.2, 0.25) is 6.33 Å². The number of hydrogen-bond donors (Lipinski definition) is 0. The fourth-order valence-electron chi connectivity index (χ4n) is 3.09. The first-order valence-electron chi connectivity index (χ1n) is 7.47. The molecule has 0 bridgehead atoms. The molecule has 1 aromatic carbocycles. The van der Waals surface area contributed by atoms with Crippen LogP contribution in [0.3, 0.4) is 0 Å². The molecule has 1 aliphatic carbocycles. The molecule has 0 radical (unpaired) electrons. The monoisotopic (exact) mass is 327 g/mol. The molecule has 0 spiro atoms. The maximum absolute atomic E-state index is 12.0. The normalized spacial score (nSPS) is 13.2. The van der Waals surface area contributed by atoms with Crippen LogP contribution in [0.25, 0.3) is 11.0 Å². The predicted molar refractivity (Wildman–Crippen MR) is 84.4 cm³/mol. The fourth-order valence-corrected chi connectivity index (χ4v) is 3.09. The number of benzene rings is 1. The van der Waals surface area contributed by atoms with Crippen molar-refractivity contribution in [2.45, 2.75) is 19.3 Å². The number of aryl methyl sites for hydroxylation is 2. The Morgan fingerprint density at radius 1 is 1.33 bits per heavy atom. The Morgan fingerprint density at radius 2 is 2.12 bits per heavy atom. The SMILES string of the molecule is Cn1cnc([N+](=O)[O-])c1Oc1ccc2c3c(c(=O)oc2c1)CCC3. The van der Waals surface area contributed by atoms with Crippen molar-refractivity contribution in [1.29, 1.82) is 0 Å². The number of fused-ring (bicyclic) bond motifs is 3. The molecule has 122 valence electrons. The second-order valence-electron chi connectivity index (χ2n) is 5.70. The molecule has 8 nitrogen and oxygen atoms in total. The maximum atomic E-state index is 12.0. The Kier molecular flexibility index (Phi) is 3.12. The minimum absolute atomic E-state index is 0.0165. The Hall–Kier alpha value is -3.16. The van der Waals surface area contributed by atoms with Crippen LogP contribution in [-0.2, 0) is 19.9 Å². The van der Waals surface area contributed by atoms with Crippen LogP contribution in [0.5, 0.6) is 11.6 Å². The summed E-state index contributed by atoms with van der Waals surface area (Å²) in [6.45, 7) is 0. The average molecular weight is 327 g/mol.